The van der Waals surface area contributed by atoms with Gasteiger partial charge in [-0.1, -0.05) is 0 Å². The van der Waals surface area contributed by atoms with Crippen LogP contribution in [0.4, 0.5) is 10.1 Å². The second kappa shape index (κ2) is 5.36. The van der Waals surface area contributed by atoms with Crippen LogP contribution < -0.4 is 11.1 Å². The van der Waals surface area contributed by atoms with Crippen molar-refractivity contribution in [2.45, 2.75) is 44.7 Å². The van der Waals surface area contributed by atoms with Gasteiger partial charge in [-0.3, -0.25) is 0 Å². The Morgan fingerprint density at radius 3 is 2.61 bits per heavy atom. The fourth-order valence-corrected chi connectivity index (χ4v) is 2.38. The van der Waals surface area contributed by atoms with Crippen LogP contribution in [0.5, 0.6) is 0 Å². The van der Waals surface area contributed by atoms with Crippen molar-refractivity contribution in [3.63, 3.8) is 0 Å². The fraction of sp³-hybridized carbons (Fsp3) is 0.500. The first kappa shape index (κ1) is 12.8. The van der Waals surface area contributed by atoms with E-state index in [1.54, 1.807) is 13.0 Å². The van der Waals surface area contributed by atoms with Crippen LogP contribution in [0.25, 0.3) is 0 Å². The second-order valence-electron chi connectivity index (χ2n) is 5.00. The number of hydrogen-bond acceptors (Lipinski definition) is 3. The summed E-state index contributed by atoms with van der Waals surface area (Å²) < 4.78 is 13.6. The van der Waals surface area contributed by atoms with Crippen LogP contribution in [0.2, 0.25) is 0 Å². The van der Waals surface area contributed by atoms with Crippen molar-refractivity contribution in [2.24, 2.45) is 5.73 Å². The maximum Gasteiger partial charge on any atom is 0.129 e. The van der Waals surface area contributed by atoms with E-state index in [9.17, 15) is 4.39 Å². The zero-order valence-corrected chi connectivity index (χ0v) is 10.5. The normalized spacial score (nSPS) is 23.4. The van der Waals surface area contributed by atoms with Gasteiger partial charge in [0, 0.05) is 23.3 Å². The first-order valence-electron chi connectivity index (χ1n) is 6.32. The Hall–Kier alpha value is -1.60. The third kappa shape index (κ3) is 2.80. The Balaban J connectivity index is 2.14. The largest absolute Gasteiger partial charge is 0.382 e. The molecule has 1 aliphatic rings. The van der Waals surface area contributed by atoms with Crippen LogP contribution in [-0.2, 0) is 0 Å². The Kier molecular flexibility index (Phi) is 3.83. The molecule has 1 aromatic rings. The van der Waals surface area contributed by atoms with E-state index in [0.717, 1.165) is 31.4 Å². The van der Waals surface area contributed by atoms with Gasteiger partial charge in [-0.15, -0.1) is 0 Å². The summed E-state index contributed by atoms with van der Waals surface area (Å²) in [6.07, 6.45) is 3.99. The van der Waals surface area contributed by atoms with E-state index in [0.29, 0.717) is 23.2 Å². The standard InChI is InChI=1S/C14H18FN3/c1-9-13(15)6-10(8-16)7-14(9)18-12-4-2-11(17)3-5-12/h6-7,11-12,18H,2-5,17H2,1H3. The monoisotopic (exact) mass is 247 g/mol. The highest BCUT2D eigenvalue weighted by molar-refractivity contribution is 5.56. The highest BCUT2D eigenvalue weighted by Crippen LogP contribution is 2.25. The molecule has 0 saturated heterocycles. The number of anilines is 1. The topological polar surface area (TPSA) is 61.8 Å². The summed E-state index contributed by atoms with van der Waals surface area (Å²) in [7, 11) is 0. The minimum Gasteiger partial charge on any atom is -0.382 e. The number of halogens is 1. The van der Waals surface area contributed by atoms with Gasteiger partial charge in [0.1, 0.15) is 5.82 Å². The number of nitrogens with two attached hydrogens (primary N) is 1. The van der Waals surface area contributed by atoms with Gasteiger partial charge in [-0.05, 0) is 44.7 Å². The Morgan fingerprint density at radius 1 is 1.33 bits per heavy atom. The molecule has 2 rings (SSSR count). The molecule has 1 aliphatic carbocycles. The summed E-state index contributed by atoms with van der Waals surface area (Å²) >= 11 is 0. The van der Waals surface area contributed by atoms with Gasteiger partial charge < -0.3 is 11.1 Å². The van der Waals surface area contributed by atoms with E-state index in [4.69, 9.17) is 11.0 Å². The zero-order chi connectivity index (χ0) is 13.1. The van der Waals surface area contributed by atoms with E-state index in [1.165, 1.54) is 6.07 Å². The molecule has 3 nitrogen and oxygen atoms in total. The van der Waals surface area contributed by atoms with Crippen molar-refractivity contribution in [3.8, 4) is 6.07 Å². The maximum atomic E-state index is 13.6. The molecule has 0 heterocycles. The molecule has 96 valence electrons. The molecular formula is C14H18FN3. The lowest BCUT2D eigenvalue weighted by molar-refractivity contribution is 0.411. The SMILES string of the molecule is Cc1c(F)cc(C#N)cc1NC1CCC(N)CC1. The lowest BCUT2D eigenvalue weighted by atomic mass is 9.91. The highest BCUT2D eigenvalue weighted by Gasteiger charge is 2.19. The van der Waals surface area contributed by atoms with Crippen molar-refractivity contribution >= 4 is 5.69 Å². The van der Waals surface area contributed by atoms with E-state index in [2.05, 4.69) is 5.32 Å². The van der Waals surface area contributed by atoms with E-state index >= 15 is 0 Å². The Labute approximate surface area is 107 Å². The van der Waals surface area contributed by atoms with Crippen molar-refractivity contribution in [2.75, 3.05) is 5.32 Å². The second-order valence-corrected chi connectivity index (χ2v) is 5.00. The molecule has 1 saturated carbocycles. The molecule has 1 fully saturated rings. The minimum absolute atomic E-state index is 0.298. The number of rotatable bonds is 2. The fourth-order valence-electron chi connectivity index (χ4n) is 2.38. The number of hydrogen-bond donors (Lipinski definition) is 2. The molecule has 0 spiro atoms. The summed E-state index contributed by atoms with van der Waals surface area (Å²) in [6, 6.07) is 5.60. The lowest BCUT2D eigenvalue weighted by Crippen LogP contribution is -2.33. The number of nitrogens with zero attached hydrogens (tertiary/aromatic N) is 1. The van der Waals surface area contributed by atoms with Gasteiger partial charge in [0.25, 0.3) is 0 Å². The first-order valence-corrected chi connectivity index (χ1v) is 6.32. The summed E-state index contributed by atoms with van der Waals surface area (Å²) in [5.41, 5.74) is 7.52. The molecule has 0 aromatic heterocycles. The van der Waals surface area contributed by atoms with Crippen molar-refractivity contribution in [1.29, 1.82) is 5.26 Å². The Bertz CT molecular complexity index is 471. The van der Waals surface area contributed by atoms with Crippen LogP contribution in [0.1, 0.15) is 36.8 Å². The van der Waals surface area contributed by atoms with Crippen LogP contribution >= 0.6 is 0 Å². The van der Waals surface area contributed by atoms with Crippen molar-refractivity contribution in [3.05, 3.63) is 29.1 Å². The lowest BCUT2D eigenvalue weighted by Gasteiger charge is -2.28. The third-order valence-corrected chi connectivity index (χ3v) is 3.60. The molecule has 18 heavy (non-hydrogen) atoms. The molecule has 0 aliphatic heterocycles. The smallest absolute Gasteiger partial charge is 0.129 e. The predicted octanol–water partition coefficient (Wildman–Crippen LogP) is 2.69. The molecule has 1 aromatic carbocycles. The summed E-state index contributed by atoms with van der Waals surface area (Å²) in [6.45, 7) is 1.73. The quantitative estimate of drug-likeness (QED) is 0.844. The molecule has 0 radical (unpaired) electrons. The van der Waals surface area contributed by atoms with Gasteiger partial charge >= 0.3 is 0 Å². The van der Waals surface area contributed by atoms with Crippen molar-refractivity contribution in [1.82, 2.24) is 0 Å². The average molecular weight is 247 g/mol. The van der Waals surface area contributed by atoms with Crippen LogP contribution in [0.3, 0.4) is 0 Å². The zero-order valence-electron chi connectivity index (χ0n) is 10.5. The van der Waals surface area contributed by atoms with E-state index in [1.807, 2.05) is 6.07 Å². The number of nitriles is 1. The molecule has 3 N–H and O–H groups in total. The molecule has 0 unspecified atom stereocenters. The van der Waals surface area contributed by atoms with Gasteiger partial charge in [-0.25, -0.2) is 4.39 Å². The average Bonchev–Trinajstić information content (AvgIpc) is 2.37. The number of benzene rings is 1. The van der Waals surface area contributed by atoms with Gasteiger partial charge in [0.05, 0.1) is 11.6 Å². The Morgan fingerprint density at radius 2 is 2.00 bits per heavy atom. The molecule has 0 bridgehead atoms. The molecule has 0 atom stereocenters. The van der Waals surface area contributed by atoms with E-state index < -0.39 is 0 Å². The molecule has 4 heteroatoms. The third-order valence-electron chi connectivity index (χ3n) is 3.60. The van der Waals surface area contributed by atoms with Gasteiger partial charge in [-0.2, -0.15) is 5.26 Å². The van der Waals surface area contributed by atoms with Crippen molar-refractivity contribution < 1.29 is 4.39 Å². The van der Waals surface area contributed by atoms with E-state index in [-0.39, 0.29) is 5.82 Å². The van der Waals surface area contributed by atoms with Crippen LogP contribution in [0.15, 0.2) is 12.1 Å². The van der Waals surface area contributed by atoms with Crippen LogP contribution in [-0.4, -0.2) is 12.1 Å². The van der Waals surface area contributed by atoms with Gasteiger partial charge in [0.2, 0.25) is 0 Å². The van der Waals surface area contributed by atoms with Gasteiger partial charge in [0.15, 0.2) is 0 Å². The highest BCUT2D eigenvalue weighted by atomic mass is 19.1. The van der Waals surface area contributed by atoms with Crippen LogP contribution in [0, 0.1) is 24.1 Å². The first-order chi connectivity index (χ1) is 8.60. The molecular weight excluding hydrogens is 229 g/mol. The minimum atomic E-state index is -0.330. The summed E-state index contributed by atoms with van der Waals surface area (Å²) in [4.78, 5) is 0. The summed E-state index contributed by atoms with van der Waals surface area (Å²) in [5, 5.41) is 12.2. The molecule has 0 amide bonds. The predicted molar refractivity (Wildman–Crippen MR) is 69.7 cm³/mol. The number of nitrogens with one attached hydrogen (secondary N) is 1. The maximum absolute atomic E-state index is 13.6. The summed E-state index contributed by atoms with van der Waals surface area (Å²) in [5.74, 6) is -0.330.